The van der Waals surface area contributed by atoms with Crippen LogP contribution in [-0.2, 0) is 0 Å². The lowest BCUT2D eigenvalue weighted by Gasteiger charge is -2.11. The quantitative estimate of drug-likeness (QED) is 0.663. The number of aryl methyl sites for hydroxylation is 2. The normalized spacial score (nSPS) is 10.5. The number of benzene rings is 2. The second-order valence-electron chi connectivity index (χ2n) is 5.33. The Bertz CT molecular complexity index is 883. The Labute approximate surface area is 150 Å². The van der Waals surface area contributed by atoms with Crippen molar-refractivity contribution in [2.75, 3.05) is 10.6 Å². The molecular formula is C17H15Cl2N5. The van der Waals surface area contributed by atoms with Gasteiger partial charge in [0.05, 0.1) is 6.20 Å². The Morgan fingerprint density at radius 3 is 2.38 bits per heavy atom. The number of nitrogens with one attached hydrogen (secondary N) is 2. The highest BCUT2D eigenvalue weighted by Gasteiger charge is 2.06. The van der Waals surface area contributed by atoms with E-state index < -0.39 is 0 Å². The maximum absolute atomic E-state index is 6.03. The first-order chi connectivity index (χ1) is 11.5. The molecule has 122 valence electrons. The fourth-order valence-corrected chi connectivity index (χ4v) is 2.57. The largest absolute Gasteiger partial charge is 0.339 e. The number of hydrogen-bond donors (Lipinski definition) is 2. The maximum Gasteiger partial charge on any atom is 0.249 e. The summed E-state index contributed by atoms with van der Waals surface area (Å²) in [5.41, 5.74) is 3.80. The minimum atomic E-state index is 0.386. The van der Waals surface area contributed by atoms with Gasteiger partial charge in [0.25, 0.3) is 0 Å². The number of aromatic nitrogens is 3. The highest BCUT2D eigenvalue weighted by atomic mass is 35.5. The van der Waals surface area contributed by atoms with Gasteiger partial charge in [0.2, 0.25) is 5.95 Å². The summed E-state index contributed by atoms with van der Waals surface area (Å²) in [5.74, 6) is 0.967. The summed E-state index contributed by atoms with van der Waals surface area (Å²) in [7, 11) is 0. The minimum absolute atomic E-state index is 0.386. The fraction of sp³-hybridized carbons (Fsp3) is 0.118. The molecule has 0 atom stereocenters. The molecule has 1 heterocycles. The molecular weight excluding hydrogens is 345 g/mol. The minimum Gasteiger partial charge on any atom is -0.339 e. The van der Waals surface area contributed by atoms with E-state index in [1.165, 1.54) is 0 Å². The SMILES string of the molecule is Cc1cc(Cl)ccc1Nc1cnnc(Nc2cc(Cl)ccc2C)n1. The van der Waals surface area contributed by atoms with Gasteiger partial charge in [-0.15, -0.1) is 5.10 Å². The highest BCUT2D eigenvalue weighted by molar-refractivity contribution is 6.31. The highest BCUT2D eigenvalue weighted by Crippen LogP contribution is 2.25. The number of anilines is 4. The van der Waals surface area contributed by atoms with Gasteiger partial charge in [-0.1, -0.05) is 29.3 Å². The van der Waals surface area contributed by atoms with Crippen LogP contribution in [0.3, 0.4) is 0 Å². The Morgan fingerprint density at radius 1 is 0.833 bits per heavy atom. The third-order valence-corrected chi connectivity index (χ3v) is 3.93. The molecule has 0 bridgehead atoms. The zero-order chi connectivity index (χ0) is 17.1. The van der Waals surface area contributed by atoms with Crippen molar-refractivity contribution in [2.45, 2.75) is 13.8 Å². The van der Waals surface area contributed by atoms with Crippen LogP contribution < -0.4 is 10.6 Å². The first kappa shape index (κ1) is 16.5. The molecule has 2 N–H and O–H groups in total. The van der Waals surface area contributed by atoms with E-state index in [-0.39, 0.29) is 0 Å². The molecule has 24 heavy (non-hydrogen) atoms. The van der Waals surface area contributed by atoms with Crippen molar-refractivity contribution in [1.82, 2.24) is 15.2 Å². The second kappa shape index (κ2) is 7.03. The van der Waals surface area contributed by atoms with Gasteiger partial charge in [-0.25, -0.2) is 0 Å². The summed E-state index contributed by atoms with van der Waals surface area (Å²) in [5, 5.41) is 15.7. The molecule has 3 rings (SSSR count). The topological polar surface area (TPSA) is 62.7 Å². The van der Waals surface area contributed by atoms with Crippen molar-refractivity contribution in [3.8, 4) is 0 Å². The first-order valence-electron chi connectivity index (χ1n) is 7.27. The van der Waals surface area contributed by atoms with Crippen LogP contribution in [0.15, 0.2) is 42.6 Å². The molecule has 0 saturated heterocycles. The van der Waals surface area contributed by atoms with Crippen LogP contribution in [0.1, 0.15) is 11.1 Å². The van der Waals surface area contributed by atoms with E-state index in [1.54, 1.807) is 6.20 Å². The van der Waals surface area contributed by atoms with Crippen LogP contribution in [0, 0.1) is 13.8 Å². The number of hydrogen-bond acceptors (Lipinski definition) is 5. The molecule has 0 saturated carbocycles. The monoisotopic (exact) mass is 359 g/mol. The van der Waals surface area contributed by atoms with Gasteiger partial charge in [0.1, 0.15) is 0 Å². The third kappa shape index (κ3) is 3.93. The lowest BCUT2D eigenvalue weighted by Crippen LogP contribution is -2.03. The summed E-state index contributed by atoms with van der Waals surface area (Å²) >= 11 is 12.0. The second-order valence-corrected chi connectivity index (χ2v) is 6.21. The Balaban J connectivity index is 1.82. The van der Waals surface area contributed by atoms with E-state index in [1.807, 2.05) is 50.2 Å². The lowest BCUT2D eigenvalue weighted by molar-refractivity contribution is 0.981. The Morgan fingerprint density at radius 2 is 1.58 bits per heavy atom. The van der Waals surface area contributed by atoms with E-state index >= 15 is 0 Å². The van der Waals surface area contributed by atoms with Crippen molar-refractivity contribution < 1.29 is 0 Å². The van der Waals surface area contributed by atoms with Crippen LogP contribution >= 0.6 is 23.2 Å². The van der Waals surface area contributed by atoms with E-state index in [0.29, 0.717) is 21.8 Å². The van der Waals surface area contributed by atoms with E-state index in [0.717, 1.165) is 22.5 Å². The molecule has 0 amide bonds. The molecule has 1 aromatic heterocycles. The van der Waals surface area contributed by atoms with Crippen molar-refractivity contribution in [3.63, 3.8) is 0 Å². The molecule has 7 heteroatoms. The zero-order valence-electron chi connectivity index (χ0n) is 13.1. The molecule has 2 aromatic carbocycles. The molecule has 0 fully saturated rings. The van der Waals surface area contributed by atoms with Crippen molar-refractivity contribution in [1.29, 1.82) is 0 Å². The number of rotatable bonds is 4. The summed E-state index contributed by atoms with van der Waals surface area (Å²) in [6, 6.07) is 11.2. The molecule has 0 spiro atoms. The van der Waals surface area contributed by atoms with Crippen molar-refractivity contribution in [2.24, 2.45) is 0 Å². The smallest absolute Gasteiger partial charge is 0.249 e. The molecule has 0 aliphatic carbocycles. The molecule has 3 aromatic rings. The Hall–Kier alpha value is -2.37. The van der Waals surface area contributed by atoms with Gasteiger partial charge >= 0.3 is 0 Å². The standard InChI is InChI=1S/C17H15Cl2N5/c1-10-3-4-13(19)8-15(10)22-17-23-16(9-20-24-17)21-14-6-5-12(18)7-11(14)2/h3-9H,1-2H3,(H2,21,22,23,24). The number of nitrogens with zero attached hydrogens (tertiary/aromatic N) is 3. The maximum atomic E-state index is 6.03. The average molecular weight is 360 g/mol. The molecule has 0 aliphatic heterocycles. The van der Waals surface area contributed by atoms with Gasteiger partial charge in [-0.3, -0.25) is 0 Å². The van der Waals surface area contributed by atoms with Crippen LogP contribution in [0.4, 0.5) is 23.1 Å². The lowest BCUT2D eigenvalue weighted by atomic mass is 10.2. The van der Waals surface area contributed by atoms with Gasteiger partial charge in [-0.05, 0) is 55.3 Å². The predicted molar refractivity (Wildman–Crippen MR) is 98.8 cm³/mol. The first-order valence-corrected chi connectivity index (χ1v) is 8.03. The summed E-state index contributed by atoms with van der Waals surface area (Å²) < 4.78 is 0. The van der Waals surface area contributed by atoms with Crippen molar-refractivity contribution in [3.05, 3.63) is 63.8 Å². The fourth-order valence-electron chi connectivity index (χ4n) is 2.17. The van der Waals surface area contributed by atoms with Gasteiger partial charge in [0, 0.05) is 21.4 Å². The summed E-state index contributed by atoms with van der Waals surface area (Å²) in [6.07, 6.45) is 1.56. The van der Waals surface area contributed by atoms with E-state index in [9.17, 15) is 0 Å². The molecule has 0 radical (unpaired) electrons. The van der Waals surface area contributed by atoms with E-state index in [4.69, 9.17) is 23.2 Å². The van der Waals surface area contributed by atoms with Crippen LogP contribution in [0.25, 0.3) is 0 Å². The molecule has 0 aliphatic rings. The van der Waals surface area contributed by atoms with Crippen LogP contribution in [-0.4, -0.2) is 15.2 Å². The third-order valence-electron chi connectivity index (χ3n) is 3.46. The van der Waals surface area contributed by atoms with Crippen molar-refractivity contribution >= 4 is 46.3 Å². The zero-order valence-corrected chi connectivity index (χ0v) is 14.7. The van der Waals surface area contributed by atoms with Gasteiger partial charge < -0.3 is 10.6 Å². The average Bonchev–Trinajstić information content (AvgIpc) is 2.54. The van der Waals surface area contributed by atoms with Crippen LogP contribution in [0.2, 0.25) is 10.0 Å². The predicted octanol–water partition coefficient (Wildman–Crippen LogP) is 5.28. The Kier molecular flexibility index (Phi) is 4.83. The summed E-state index contributed by atoms with van der Waals surface area (Å²) in [6.45, 7) is 3.95. The molecule has 5 nitrogen and oxygen atoms in total. The van der Waals surface area contributed by atoms with Gasteiger partial charge in [0.15, 0.2) is 5.82 Å². The number of halogens is 2. The molecule has 0 unspecified atom stereocenters. The van der Waals surface area contributed by atoms with Gasteiger partial charge in [-0.2, -0.15) is 10.1 Å². The summed E-state index contributed by atoms with van der Waals surface area (Å²) in [4.78, 5) is 4.43. The van der Waals surface area contributed by atoms with E-state index in [2.05, 4.69) is 25.8 Å². The van der Waals surface area contributed by atoms with Crippen LogP contribution in [0.5, 0.6) is 0 Å².